The molecule has 1 aliphatic heterocycles. The molecule has 0 aliphatic carbocycles. The summed E-state index contributed by atoms with van der Waals surface area (Å²) in [6.07, 6.45) is 5.06. The van der Waals surface area contributed by atoms with E-state index in [0.717, 1.165) is 43.6 Å². The molecule has 2 unspecified atom stereocenters. The minimum atomic E-state index is -1.70. The molecule has 12 heteroatoms. The second-order valence-corrected chi connectivity index (χ2v) is 15.3. The molecule has 258 valence electrons. The molecule has 3 aromatic carbocycles. The number of Topliss-reactive ketones (excluding diaryl/α,β-unsaturated/α-hetero) is 1. The van der Waals surface area contributed by atoms with Gasteiger partial charge in [0, 0.05) is 43.4 Å². The molecule has 10 nitrogen and oxygen atoms in total. The maximum atomic E-state index is 14.2. The zero-order valence-corrected chi connectivity index (χ0v) is 29.7. The molecule has 1 fully saturated rings. The first-order chi connectivity index (χ1) is 24.1. The smallest absolute Gasteiger partial charge is 0.337 e. The van der Waals surface area contributed by atoms with Crippen LogP contribution < -0.4 is 5.32 Å². The minimum Gasteiger partial charge on any atom is -0.616 e. The second kappa shape index (κ2) is 15.6. The summed E-state index contributed by atoms with van der Waals surface area (Å²) in [5.41, 5.74) is 4.46. The number of carbonyl (C=O) groups is 3. The van der Waals surface area contributed by atoms with Gasteiger partial charge in [-0.1, -0.05) is 65.8 Å². The normalized spacial score (nSPS) is 15.1. The van der Waals surface area contributed by atoms with Crippen LogP contribution in [-0.4, -0.2) is 72.3 Å². The highest BCUT2D eigenvalue weighted by molar-refractivity contribution is 7.91. The van der Waals surface area contributed by atoms with E-state index < -0.39 is 28.5 Å². The van der Waals surface area contributed by atoms with Crippen molar-refractivity contribution in [1.82, 2.24) is 13.9 Å². The summed E-state index contributed by atoms with van der Waals surface area (Å²) in [5.74, 6) is -1.12. The van der Waals surface area contributed by atoms with Gasteiger partial charge in [-0.3, -0.25) is 14.5 Å². The standard InChI is InChI=1S/C38H38N4O6S2/c1-25(43)36-32-22-34(28-13-11-27(12-14-28)24-41-19-17-30(18-20-41)49(3)46)42(50(47)31-7-5-4-6-8-31)37(32)39-23-33(36)40-35(44)21-26-9-15-29(16-10-26)38(45)48-2/h4-16,22-23,30H,17-21,24H2,1-3H3,(H,40,44). The number of esters is 1. The minimum absolute atomic E-state index is 0.00356. The fourth-order valence-corrected chi connectivity index (χ4v) is 8.42. The van der Waals surface area contributed by atoms with Crippen molar-refractivity contribution in [3.63, 3.8) is 0 Å². The first kappa shape index (κ1) is 35.4. The van der Waals surface area contributed by atoms with Gasteiger partial charge in [-0.25, -0.2) is 9.78 Å². The molecule has 2 atom stereocenters. The first-order valence-electron chi connectivity index (χ1n) is 16.3. The van der Waals surface area contributed by atoms with E-state index in [1.807, 2.05) is 36.4 Å². The van der Waals surface area contributed by atoms with Crippen molar-refractivity contribution >= 4 is 56.9 Å². The van der Waals surface area contributed by atoms with E-state index in [2.05, 4.69) is 27.3 Å². The van der Waals surface area contributed by atoms with Crippen molar-refractivity contribution < 1.29 is 28.2 Å². The van der Waals surface area contributed by atoms with Crippen LogP contribution in [0.3, 0.4) is 0 Å². The molecule has 1 aliphatic rings. The van der Waals surface area contributed by atoms with Crippen molar-refractivity contribution in [3.8, 4) is 11.3 Å². The Morgan fingerprint density at radius 3 is 2.22 bits per heavy atom. The fourth-order valence-electron chi connectivity index (χ4n) is 6.30. The molecule has 50 heavy (non-hydrogen) atoms. The third-order valence-corrected chi connectivity index (χ3v) is 11.7. The van der Waals surface area contributed by atoms with Crippen molar-refractivity contribution in [2.24, 2.45) is 0 Å². The lowest BCUT2D eigenvalue weighted by Crippen LogP contribution is -2.38. The van der Waals surface area contributed by atoms with E-state index in [1.165, 1.54) is 20.2 Å². The average Bonchev–Trinajstić information content (AvgIpc) is 3.51. The van der Waals surface area contributed by atoms with Crippen molar-refractivity contribution in [2.45, 2.75) is 42.9 Å². The van der Waals surface area contributed by atoms with Gasteiger partial charge in [0.25, 0.3) is 0 Å². The number of rotatable bonds is 11. The number of nitrogens with zero attached hydrogens (tertiary/aromatic N) is 3. The number of amides is 1. The Hall–Kier alpha value is -4.46. The third-order valence-electron chi connectivity index (χ3n) is 8.92. The Balaban J connectivity index is 1.32. The van der Waals surface area contributed by atoms with E-state index in [-0.39, 0.29) is 34.6 Å². The monoisotopic (exact) mass is 710 g/mol. The van der Waals surface area contributed by atoms with E-state index in [1.54, 1.807) is 46.6 Å². The van der Waals surface area contributed by atoms with Gasteiger partial charge in [0.2, 0.25) is 5.91 Å². The quantitative estimate of drug-likeness (QED) is 0.103. The maximum Gasteiger partial charge on any atom is 0.337 e. The highest BCUT2D eigenvalue weighted by Crippen LogP contribution is 2.36. The number of aromatic nitrogens is 2. The molecule has 2 aromatic heterocycles. The van der Waals surface area contributed by atoms with Crippen LogP contribution in [0.1, 0.15) is 51.6 Å². The first-order valence-corrected chi connectivity index (χ1v) is 19.0. The molecule has 0 spiro atoms. The number of hydrogen-bond donors (Lipinski definition) is 1. The van der Waals surface area contributed by atoms with E-state index in [4.69, 9.17) is 4.74 Å². The van der Waals surface area contributed by atoms with E-state index in [9.17, 15) is 23.5 Å². The number of piperidine rings is 1. The number of benzene rings is 3. The number of methoxy groups -OCH3 is 1. The molecule has 6 rings (SSSR count). The number of ether oxygens (including phenoxy) is 1. The van der Waals surface area contributed by atoms with Crippen LogP contribution in [0, 0.1) is 0 Å². The number of hydrogen-bond acceptors (Lipinski definition) is 8. The summed E-state index contributed by atoms with van der Waals surface area (Å²) in [7, 11) is 1.30. The van der Waals surface area contributed by atoms with Crippen molar-refractivity contribution in [3.05, 3.63) is 113 Å². The number of ketones is 1. The highest BCUT2D eigenvalue weighted by atomic mass is 32.2. The molecular formula is C38H38N4O6S2. The Kier molecular flexibility index (Phi) is 11.0. The van der Waals surface area contributed by atoms with Crippen LogP contribution >= 0.6 is 0 Å². The molecule has 0 radical (unpaired) electrons. The predicted octanol–water partition coefficient (Wildman–Crippen LogP) is 5.79. The summed E-state index contributed by atoms with van der Waals surface area (Å²) in [4.78, 5) is 45.7. The molecule has 3 heterocycles. The Bertz CT molecular complexity index is 1990. The Morgan fingerprint density at radius 2 is 1.60 bits per heavy atom. The number of carbonyl (C=O) groups excluding carboxylic acids is 3. The summed E-state index contributed by atoms with van der Waals surface area (Å²) in [6.45, 7) is 4.00. The lowest BCUT2D eigenvalue weighted by atomic mass is 10.0. The van der Waals surface area contributed by atoms with Gasteiger partial charge >= 0.3 is 5.97 Å². The molecular weight excluding hydrogens is 673 g/mol. The van der Waals surface area contributed by atoms with Crippen molar-refractivity contribution in [2.75, 3.05) is 31.8 Å². The van der Waals surface area contributed by atoms with Gasteiger partial charge in [0.15, 0.2) is 16.3 Å². The molecule has 1 amide bonds. The highest BCUT2D eigenvalue weighted by Gasteiger charge is 2.28. The summed E-state index contributed by atoms with van der Waals surface area (Å²) >= 11 is -2.50. The maximum absolute atomic E-state index is 14.2. The van der Waals surface area contributed by atoms with Crippen LogP contribution in [0.25, 0.3) is 22.3 Å². The second-order valence-electron chi connectivity index (χ2n) is 12.3. The number of pyridine rings is 1. The molecule has 1 saturated heterocycles. The fraction of sp³-hybridized carbons (Fsp3) is 0.263. The molecule has 0 bridgehead atoms. The molecule has 0 saturated carbocycles. The number of nitrogens with one attached hydrogen (secondary N) is 1. The van der Waals surface area contributed by atoms with Crippen LogP contribution in [0.4, 0.5) is 5.69 Å². The lowest BCUT2D eigenvalue weighted by molar-refractivity contribution is -0.115. The van der Waals surface area contributed by atoms with Gasteiger partial charge in [-0.05, 0) is 48.4 Å². The zero-order valence-electron chi connectivity index (χ0n) is 28.1. The average molecular weight is 711 g/mol. The SMILES string of the molecule is COC(=O)c1ccc(CC(=O)Nc2cnc3c(cc(-c4ccc(CN5CCC([S+](C)[O-])CC5)cc4)n3[S+]([O-])c3ccccc3)c2C(C)=O)cc1. The molecule has 1 N–H and O–H groups in total. The summed E-state index contributed by atoms with van der Waals surface area (Å²) in [5, 5.41) is 3.57. The molecule has 5 aromatic rings. The topological polar surface area (TPSA) is 140 Å². The number of fused-ring (bicyclic) bond motifs is 1. The summed E-state index contributed by atoms with van der Waals surface area (Å²) in [6, 6.07) is 25.5. The van der Waals surface area contributed by atoms with E-state index >= 15 is 0 Å². The van der Waals surface area contributed by atoms with Gasteiger partial charge in [-0.15, -0.1) is 3.97 Å². The van der Waals surface area contributed by atoms with Crippen LogP contribution in [0.2, 0.25) is 0 Å². The largest absolute Gasteiger partial charge is 0.616 e. The van der Waals surface area contributed by atoms with Gasteiger partial charge in [0.1, 0.15) is 22.3 Å². The lowest BCUT2D eigenvalue weighted by Gasteiger charge is -2.31. The van der Waals surface area contributed by atoms with E-state index in [0.29, 0.717) is 32.7 Å². The van der Waals surface area contributed by atoms with Gasteiger partial charge < -0.3 is 19.2 Å². The van der Waals surface area contributed by atoms with Crippen LogP contribution in [0.15, 0.2) is 96.0 Å². The van der Waals surface area contributed by atoms with Gasteiger partial charge in [0.05, 0.1) is 42.8 Å². The zero-order chi connectivity index (χ0) is 35.4. The predicted molar refractivity (Wildman–Crippen MR) is 196 cm³/mol. The van der Waals surface area contributed by atoms with Crippen LogP contribution in [-0.2, 0) is 45.0 Å². The Morgan fingerprint density at radius 1 is 0.940 bits per heavy atom. The van der Waals surface area contributed by atoms with Crippen molar-refractivity contribution in [1.29, 1.82) is 0 Å². The third kappa shape index (κ3) is 7.79. The number of anilines is 1. The summed E-state index contributed by atoms with van der Waals surface area (Å²) < 4.78 is 32.5. The van der Waals surface area contributed by atoms with Gasteiger partial charge in [-0.2, -0.15) is 0 Å². The Labute approximate surface area is 297 Å². The van der Waals surface area contributed by atoms with Crippen LogP contribution in [0.5, 0.6) is 0 Å². The number of likely N-dealkylation sites (tertiary alicyclic amines) is 1.